The molecular formula is C14H16O2S. The number of benzene rings is 1. The summed E-state index contributed by atoms with van der Waals surface area (Å²) < 4.78 is 5.54. The van der Waals surface area contributed by atoms with Gasteiger partial charge in [-0.25, -0.2) is 4.79 Å². The molecule has 90 valence electrons. The van der Waals surface area contributed by atoms with Crippen LogP contribution < -0.4 is 0 Å². The second kappa shape index (κ2) is 4.73. The molecule has 0 radical (unpaired) electrons. The summed E-state index contributed by atoms with van der Waals surface area (Å²) in [5, 5.41) is 0.0996. The molecule has 0 unspecified atom stereocenters. The Balaban J connectivity index is 1.84. The van der Waals surface area contributed by atoms with E-state index in [-0.39, 0.29) is 16.7 Å². The van der Waals surface area contributed by atoms with Crippen LogP contribution in [-0.2, 0) is 4.74 Å². The number of carbonyl (C=O) groups is 1. The Bertz CT molecular complexity index is 398. The molecule has 0 aromatic heterocycles. The molecule has 1 saturated heterocycles. The smallest absolute Gasteiger partial charge is 0.368 e. The molecule has 3 heteroatoms. The van der Waals surface area contributed by atoms with E-state index in [1.807, 2.05) is 18.2 Å². The fourth-order valence-electron chi connectivity index (χ4n) is 2.90. The van der Waals surface area contributed by atoms with Gasteiger partial charge in [0.15, 0.2) is 0 Å². The Morgan fingerprint density at radius 3 is 2.53 bits per heavy atom. The van der Waals surface area contributed by atoms with Gasteiger partial charge in [-0.15, -0.1) is 0 Å². The zero-order chi connectivity index (χ0) is 11.7. The van der Waals surface area contributed by atoms with Crippen LogP contribution in [0.5, 0.6) is 0 Å². The average molecular weight is 248 g/mol. The van der Waals surface area contributed by atoms with Crippen LogP contribution in [0.25, 0.3) is 0 Å². The van der Waals surface area contributed by atoms with E-state index in [0.717, 1.165) is 0 Å². The lowest BCUT2D eigenvalue weighted by atomic mass is 9.94. The maximum absolute atomic E-state index is 11.5. The lowest BCUT2D eigenvalue weighted by Gasteiger charge is -2.22. The minimum atomic E-state index is -0.101. The number of hydrogen-bond donors (Lipinski definition) is 0. The monoisotopic (exact) mass is 248 g/mol. The molecule has 1 aromatic rings. The normalized spacial score (nSPS) is 29.5. The van der Waals surface area contributed by atoms with Crippen molar-refractivity contribution in [3.8, 4) is 0 Å². The number of ether oxygens (including phenoxy) is 1. The quantitative estimate of drug-likeness (QED) is 0.735. The van der Waals surface area contributed by atoms with Crippen molar-refractivity contribution in [1.29, 1.82) is 0 Å². The highest BCUT2D eigenvalue weighted by molar-refractivity contribution is 8.13. The number of carbonyl (C=O) groups excluding carboxylic acids is 1. The van der Waals surface area contributed by atoms with Gasteiger partial charge in [-0.1, -0.05) is 43.2 Å². The molecule has 0 N–H and O–H groups in total. The van der Waals surface area contributed by atoms with Crippen molar-refractivity contribution in [2.24, 2.45) is 5.92 Å². The molecule has 1 aliphatic heterocycles. The SMILES string of the molecule is O=C1O[C@@H](C2CCCC2)[C@H](c2ccccc2)S1. The van der Waals surface area contributed by atoms with E-state index < -0.39 is 0 Å². The summed E-state index contributed by atoms with van der Waals surface area (Å²) >= 11 is 1.35. The summed E-state index contributed by atoms with van der Waals surface area (Å²) in [4.78, 5) is 11.5. The molecule has 2 aliphatic rings. The zero-order valence-corrected chi connectivity index (χ0v) is 10.5. The molecule has 1 aliphatic carbocycles. The van der Waals surface area contributed by atoms with Crippen LogP contribution >= 0.6 is 11.8 Å². The minimum Gasteiger partial charge on any atom is -0.452 e. The molecule has 0 spiro atoms. The standard InChI is InChI=1S/C14H16O2S/c15-14-16-12(10-6-4-5-7-10)13(17-14)11-8-2-1-3-9-11/h1-3,8-10,12-13H,4-7H2/t12-,13-/m0/s1. The van der Waals surface area contributed by atoms with E-state index in [0.29, 0.717) is 5.92 Å². The van der Waals surface area contributed by atoms with Gasteiger partial charge in [0.25, 0.3) is 0 Å². The molecule has 3 rings (SSSR count). The highest BCUT2D eigenvalue weighted by Crippen LogP contribution is 2.47. The van der Waals surface area contributed by atoms with E-state index in [1.54, 1.807) is 0 Å². The second-order valence-electron chi connectivity index (χ2n) is 4.83. The number of cyclic esters (lactones) is 1. The first-order valence-electron chi connectivity index (χ1n) is 6.27. The Morgan fingerprint density at radius 2 is 1.82 bits per heavy atom. The zero-order valence-electron chi connectivity index (χ0n) is 9.67. The maximum Gasteiger partial charge on any atom is 0.368 e. The molecule has 2 fully saturated rings. The first kappa shape index (κ1) is 11.1. The molecule has 1 aromatic carbocycles. The van der Waals surface area contributed by atoms with Gasteiger partial charge in [-0.3, -0.25) is 0 Å². The van der Waals surface area contributed by atoms with E-state index in [9.17, 15) is 4.79 Å². The van der Waals surface area contributed by atoms with E-state index >= 15 is 0 Å². The van der Waals surface area contributed by atoms with Crippen molar-refractivity contribution in [2.45, 2.75) is 37.0 Å². The molecule has 1 saturated carbocycles. The van der Waals surface area contributed by atoms with E-state index in [2.05, 4.69) is 12.1 Å². The molecule has 2 nitrogen and oxygen atoms in total. The maximum atomic E-state index is 11.5. The highest BCUT2D eigenvalue weighted by atomic mass is 32.2. The van der Waals surface area contributed by atoms with Crippen LogP contribution in [-0.4, -0.2) is 11.4 Å². The van der Waals surface area contributed by atoms with Crippen LogP contribution in [0.15, 0.2) is 30.3 Å². The topological polar surface area (TPSA) is 26.3 Å². The molecule has 17 heavy (non-hydrogen) atoms. The van der Waals surface area contributed by atoms with Gasteiger partial charge >= 0.3 is 5.30 Å². The summed E-state index contributed by atoms with van der Waals surface area (Å²) in [6.07, 6.45) is 5.08. The fourth-order valence-corrected chi connectivity index (χ4v) is 3.98. The first-order valence-corrected chi connectivity index (χ1v) is 7.15. The van der Waals surface area contributed by atoms with Crippen molar-refractivity contribution in [1.82, 2.24) is 0 Å². The largest absolute Gasteiger partial charge is 0.452 e. The van der Waals surface area contributed by atoms with Gasteiger partial charge in [0.2, 0.25) is 0 Å². The molecule has 1 heterocycles. The third kappa shape index (κ3) is 2.21. The summed E-state index contributed by atoms with van der Waals surface area (Å²) in [6.45, 7) is 0. The van der Waals surface area contributed by atoms with Crippen LogP contribution in [0.1, 0.15) is 36.5 Å². The van der Waals surface area contributed by atoms with Crippen molar-refractivity contribution in [2.75, 3.05) is 0 Å². The van der Waals surface area contributed by atoms with Crippen LogP contribution in [0.2, 0.25) is 0 Å². The van der Waals surface area contributed by atoms with Crippen LogP contribution in [0.4, 0.5) is 4.79 Å². The molecule has 2 atom stereocenters. The summed E-state index contributed by atoms with van der Waals surface area (Å²) in [7, 11) is 0. The predicted molar refractivity (Wildman–Crippen MR) is 69.0 cm³/mol. The highest BCUT2D eigenvalue weighted by Gasteiger charge is 2.42. The first-order chi connectivity index (χ1) is 8.34. The van der Waals surface area contributed by atoms with Crippen LogP contribution in [0.3, 0.4) is 0 Å². The minimum absolute atomic E-state index is 0.0948. The lowest BCUT2D eigenvalue weighted by Crippen LogP contribution is -2.22. The molecular weight excluding hydrogens is 232 g/mol. The molecule has 0 bridgehead atoms. The summed E-state index contributed by atoms with van der Waals surface area (Å²) in [5.41, 5.74) is 1.22. The Morgan fingerprint density at radius 1 is 1.12 bits per heavy atom. The van der Waals surface area contributed by atoms with Crippen molar-refractivity contribution in [3.63, 3.8) is 0 Å². The van der Waals surface area contributed by atoms with Gasteiger partial charge in [0, 0.05) is 0 Å². The van der Waals surface area contributed by atoms with E-state index in [1.165, 1.54) is 43.0 Å². The van der Waals surface area contributed by atoms with Gasteiger partial charge in [-0.2, -0.15) is 0 Å². The Labute approximate surface area is 106 Å². The third-order valence-electron chi connectivity index (χ3n) is 3.75. The number of rotatable bonds is 2. The van der Waals surface area contributed by atoms with E-state index in [4.69, 9.17) is 4.74 Å². The van der Waals surface area contributed by atoms with Gasteiger partial charge < -0.3 is 4.74 Å². The molecule has 0 amide bonds. The van der Waals surface area contributed by atoms with Crippen molar-refractivity contribution in [3.05, 3.63) is 35.9 Å². The average Bonchev–Trinajstić information content (AvgIpc) is 2.98. The number of thioether (sulfide) groups is 1. The fraction of sp³-hybridized carbons (Fsp3) is 0.500. The van der Waals surface area contributed by atoms with Gasteiger partial charge in [0.1, 0.15) is 6.10 Å². The Hall–Kier alpha value is -0.960. The lowest BCUT2D eigenvalue weighted by molar-refractivity contribution is 0.0924. The second-order valence-corrected chi connectivity index (χ2v) is 5.90. The van der Waals surface area contributed by atoms with Gasteiger partial charge in [0.05, 0.1) is 5.25 Å². The predicted octanol–water partition coefficient (Wildman–Crippen LogP) is 4.17. The summed E-state index contributed by atoms with van der Waals surface area (Å²) in [6, 6.07) is 10.3. The summed E-state index contributed by atoms with van der Waals surface area (Å²) in [5.74, 6) is 0.569. The van der Waals surface area contributed by atoms with Crippen molar-refractivity contribution < 1.29 is 9.53 Å². The van der Waals surface area contributed by atoms with Gasteiger partial charge in [-0.05, 0) is 36.1 Å². The van der Waals surface area contributed by atoms with Crippen molar-refractivity contribution >= 4 is 17.1 Å². The number of hydrogen-bond acceptors (Lipinski definition) is 3. The Kier molecular flexibility index (Phi) is 3.10. The third-order valence-corrected chi connectivity index (χ3v) is 4.83. The van der Waals surface area contributed by atoms with Crippen LogP contribution in [0, 0.1) is 5.92 Å².